The number of hydrogen-bond acceptors (Lipinski definition) is 3. The second-order valence-electron chi connectivity index (χ2n) is 3.51. The number of rotatable bonds is 7. The molecule has 3 heteroatoms. The van der Waals surface area contributed by atoms with Gasteiger partial charge < -0.3 is 9.29 Å². The first-order valence-corrected chi connectivity index (χ1v) is 5.10. The van der Waals surface area contributed by atoms with Crippen LogP contribution in [0.3, 0.4) is 0 Å². The number of thiol groups is 1. The summed E-state index contributed by atoms with van der Waals surface area (Å²) in [6.45, 7) is 5.04. The molecular formula is C10H20O2S. The van der Waals surface area contributed by atoms with E-state index in [4.69, 9.17) is 9.29 Å². The highest BCUT2D eigenvalue weighted by Crippen LogP contribution is 2.11. The zero-order valence-corrected chi connectivity index (χ0v) is 9.39. The molecule has 0 rings (SSSR count). The molecule has 0 aromatic carbocycles. The lowest BCUT2D eigenvalue weighted by atomic mass is 10.0. The largest absolute Gasteiger partial charge is 0.392 e. The molecule has 2 nitrogen and oxygen atoms in total. The van der Waals surface area contributed by atoms with E-state index in [1.807, 2.05) is 6.92 Å². The average Bonchev–Trinajstić information content (AvgIpc) is 2.14. The molecule has 0 aliphatic carbocycles. The summed E-state index contributed by atoms with van der Waals surface area (Å²) in [5.41, 5.74) is 1.05. The Hall–Kier alpha value is 0.01000. The van der Waals surface area contributed by atoms with Crippen molar-refractivity contribution in [1.82, 2.24) is 0 Å². The van der Waals surface area contributed by atoms with Crippen molar-refractivity contribution in [3.05, 3.63) is 11.6 Å². The number of aliphatic hydroxyl groups excluding tert-OH is 1. The summed E-state index contributed by atoms with van der Waals surface area (Å²) in [5, 5.41) is 8.74. The molecule has 0 saturated carbocycles. The first kappa shape index (κ1) is 13.0. The molecule has 1 N–H and O–H groups in total. The predicted octanol–water partition coefficient (Wildman–Crippen LogP) is 2.59. The molecule has 0 aliphatic heterocycles. The van der Waals surface area contributed by atoms with Crippen LogP contribution in [0.1, 0.15) is 33.1 Å². The first-order chi connectivity index (χ1) is 6.20. The van der Waals surface area contributed by atoms with Gasteiger partial charge in [0.1, 0.15) is 0 Å². The van der Waals surface area contributed by atoms with E-state index in [1.54, 1.807) is 0 Å². The summed E-state index contributed by atoms with van der Waals surface area (Å²) < 4.78 is 4.70. The Morgan fingerprint density at radius 1 is 1.54 bits per heavy atom. The smallest absolute Gasteiger partial charge is 0.0639 e. The minimum Gasteiger partial charge on any atom is -0.392 e. The Morgan fingerprint density at radius 3 is 2.77 bits per heavy atom. The van der Waals surface area contributed by atoms with Crippen molar-refractivity contribution in [2.24, 2.45) is 5.92 Å². The minimum absolute atomic E-state index is 0.175. The van der Waals surface area contributed by atoms with Crippen molar-refractivity contribution < 1.29 is 9.29 Å². The second kappa shape index (κ2) is 8.60. The molecule has 0 aromatic heterocycles. The van der Waals surface area contributed by atoms with E-state index in [9.17, 15) is 0 Å². The van der Waals surface area contributed by atoms with Crippen molar-refractivity contribution >= 4 is 12.9 Å². The van der Waals surface area contributed by atoms with Gasteiger partial charge in [-0.05, 0) is 45.0 Å². The van der Waals surface area contributed by atoms with Crippen LogP contribution in [0.15, 0.2) is 11.6 Å². The van der Waals surface area contributed by atoms with Crippen LogP contribution < -0.4 is 0 Å². The van der Waals surface area contributed by atoms with Gasteiger partial charge >= 0.3 is 0 Å². The van der Waals surface area contributed by atoms with Gasteiger partial charge in [0.2, 0.25) is 0 Å². The van der Waals surface area contributed by atoms with Gasteiger partial charge in [-0.3, -0.25) is 0 Å². The third-order valence-electron chi connectivity index (χ3n) is 2.10. The minimum atomic E-state index is 0.175. The highest BCUT2D eigenvalue weighted by atomic mass is 32.1. The van der Waals surface area contributed by atoms with Crippen molar-refractivity contribution in [3.63, 3.8) is 0 Å². The molecule has 0 heterocycles. The molecule has 0 amide bonds. The van der Waals surface area contributed by atoms with Gasteiger partial charge in [-0.2, -0.15) is 0 Å². The summed E-state index contributed by atoms with van der Waals surface area (Å²) >= 11 is 3.69. The standard InChI is InChI=1S/C10H20O2S/c1-9(6-7-12-13)4-3-5-10(2)8-11/h5,9,11,13H,3-4,6-8H2,1-2H3/b10-5+. The molecule has 0 aromatic rings. The number of hydrogen-bond donors (Lipinski definition) is 2. The van der Waals surface area contributed by atoms with Crippen LogP contribution >= 0.6 is 12.9 Å². The number of aliphatic hydroxyl groups is 1. The summed E-state index contributed by atoms with van der Waals surface area (Å²) in [4.78, 5) is 0. The van der Waals surface area contributed by atoms with Crippen LogP contribution in [0, 0.1) is 5.92 Å². The quantitative estimate of drug-likeness (QED) is 0.379. The lowest BCUT2D eigenvalue weighted by Gasteiger charge is -2.08. The van der Waals surface area contributed by atoms with Gasteiger partial charge in [-0.1, -0.05) is 18.6 Å². The molecular weight excluding hydrogens is 184 g/mol. The van der Waals surface area contributed by atoms with E-state index >= 15 is 0 Å². The van der Waals surface area contributed by atoms with E-state index in [-0.39, 0.29) is 6.61 Å². The van der Waals surface area contributed by atoms with E-state index in [2.05, 4.69) is 25.9 Å². The summed E-state index contributed by atoms with van der Waals surface area (Å²) in [6.07, 6.45) is 5.34. The molecule has 0 saturated heterocycles. The molecule has 1 atom stereocenters. The van der Waals surface area contributed by atoms with Crippen LogP contribution in [0.25, 0.3) is 0 Å². The predicted molar refractivity (Wildman–Crippen MR) is 58.8 cm³/mol. The first-order valence-electron chi connectivity index (χ1n) is 4.73. The molecule has 0 fully saturated rings. The molecule has 1 unspecified atom stereocenters. The SMILES string of the molecule is C/C(=C\CCC(C)CCOS)CO. The highest BCUT2D eigenvalue weighted by molar-refractivity contribution is 7.75. The summed E-state index contributed by atoms with van der Waals surface area (Å²) in [6, 6.07) is 0. The Morgan fingerprint density at radius 2 is 2.23 bits per heavy atom. The van der Waals surface area contributed by atoms with Crippen molar-refractivity contribution in [1.29, 1.82) is 0 Å². The second-order valence-corrected chi connectivity index (χ2v) is 3.77. The fraction of sp³-hybridized carbons (Fsp3) is 0.800. The Labute approximate surface area is 86.6 Å². The molecule has 0 radical (unpaired) electrons. The molecule has 0 aliphatic rings. The monoisotopic (exact) mass is 204 g/mol. The van der Waals surface area contributed by atoms with Gasteiger partial charge in [0, 0.05) is 0 Å². The highest BCUT2D eigenvalue weighted by Gasteiger charge is 2.00. The average molecular weight is 204 g/mol. The molecule has 13 heavy (non-hydrogen) atoms. The Balaban J connectivity index is 3.41. The Bertz CT molecular complexity index is 146. The van der Waals surface area contributed by atoms with E-state index < -0.39 is 0 Å². The topological polar surface area (TPSA) is 29.5 Å². The maximum absolute atomic E-state index is 8.74. The normalized spacial score (nSPS) is 14.6. The maximum atomic E-state index is 8.74. The van der Waals surface area contributed by atoms with Gasteiger partial charge in [-0.15, -0.1) is 0 Å². The van der Waals surface area contributed by atoms with Crippen molar-refractivity contribution in [2.75, 3.05) is 13.2 Å². The van der Waals surface area contributed by atoms with E-state index in [0.717, 1.165) is 24.8 Å². The van der Waals surface area contributed by atoms with E-state index in [1.165, 1.54) is 0 Å². The molecule has 0 bridgehead atoms. The fourth-order valence-corrected chi connectivity index (χ4v) is 1.18. The van der Waals surface area contributed by atoms with Crippen molar-refractivity contribution in [2.45, 2.75) is 33.1 Å². The van der Waals surface area contributed by atoms with Gasteiger partial charge in [0.05, 0.1) is 13.2 Å². The molecule has 78 valence electrons. The Kier molecular flexibility index (Phi) is 8.61. The van der Waals surface area contributed by atoms with Crippen LogP contribution in [0.5, 0.6) is 0 Å². The van der Waals surface area contributed by atoms with Gasteiger partial charge in [0.15, 0.2) is 0 Å². The zero-order valence-electron chi connectivity index (χ0n) is 8.49. The zero-order chi connectivity index (χ0) is 10.1. The van der Waals surface area contributed by atoms with Crippen LogP contribution in [-0.2, 0) is 4.18 Å². The third-order valence-corrected chi connectivity index (χ3v) is 2.29. The van der Waals surface area contributed by atoms with Crippen LogP contribution in [0.4, 0.5) is 0 Å². The van der Waals surface area contributed by atoms with Gasteiger partial charge in [-0.25, -0.2) is 0 Å². The fourth-order valence-electron chi connectivity index (χ4n) is 1.08. The third kappa shape index (κ3) is 8.34. The summed E-state index contributed by atoms with van der Waals surface area (Å²) in [5.74, 6) is 0.662. The lowest BCUT2D eigenvalue weighted by molar-refractivity contribution is 0.323. The molecule has 0 spiro atoms. The summed E-state index contributed by atoms with van der Waals surface area (Å²) in [7, 11) is 0. The maximum Gasteiger partial charge on any atom is 0.0639 e. The van der Waals surface area contributed by atoms with E-state index in [0.29, 0.717) is 12.5 Å². The van der Waals surface area contributed by atoms with Crippen LogP contribution in [0.2, 0.25) is 0 Å². The van der Waals surface area contributed by atoms with Crippen molar-refractivity contribution in [3.8, 4) is 0 Å². The number of allylic oxidation sites excluding steroid dienone is 1. The van der Waals surface area contributed by atoms with Gasteiger partial charge in [0.25, 0.3) is 0 Å². The van der Waals surface area contributed by atoms with Crippen LogP contribution in [-0.4, -0.2) is 18.3 Å². The lowest BCUT2D eigenvalue weighted by Crippen LogP contribution is -1.98.